The standard InChI is InChI=1S/C27H31FN2O2/c1-29(2)26(32)27(15-16-30(19-27)25(31)17-20-9-3-4-10-20)18-21-11-5-6-12-22(21)23-13-7-8-14-24(23)28/h3,5-9,11-14,20H,4,10,15-19H2,1-2H3/t20-,27+/m0/s1. The molecule has 5 heteroatoms. The minimum atomic E-state index is -0.702. The van der Waals surface area contributed by atoms with Crippen molar-refractivity contribution in [2.75, 3.05) is 27.2 Å². The highest BCUT2D eigenvalue weighted by molar-refractivity contribution is 5.86. The first-order valence-corrected chi connectivity index (χ1v) is 11.4. The van der Waals surface area contributed by atoms with Crippen molar-refractivity contribution in [3.8, 4) is 11.1 Å². The average molecular weight is 435 g/mol. The molecule has 0 radical (unpaired) electrons. The van der Waals surface area contributed by atoms with Gasteiger partial charge in [-0.2, -0.15) is 0 Å². The Labute approximate surface area is 189 Å². The lowest BCUT2D eigenvalue weighted by Gasteiger charge is -2.32. The maximum absolute atomic E-state index is 14.6. The number of likely N-dealkylation sites (tertiary alicyclic amines) is 1. The summed E-state index contributed by atoms with van der Waals surface area (Å²) in [5, 5.41) is 0. The van der Waals surface area contributed by atoms with E-state index in [0.29, 0.717) is 43.8 Å². The minimum absolute atomic E-state index is 0.0249. The van der Waals surface area contributed by atoms with Crippen LogP contribution >= 0.6 is 0 Å². The normalized spacial score (nSPS) is 22.3. The third kappa shape index (κ3) is 4.47. The van der Waals surface area contributed by atoms with Gasteiger partial charge in [-0.3, -0.25) is 9.59 Å². The second-order valence-corrected chi connectivity index (χ2v) is 9.33. The van der Waals surface area contributed by atoms with E-state index < -0.39 is 5.41 Å². The summed E-state index contributed by atoms with van der Waals surface area (Å²) in [5.74, 6) is 0.180. The van der Waals surface area contributed by atoms with E-state index in [9.17, 15) is 14.0 Å². The van der Waals surface area contributed by atoms with Crippen molar-refractivity contribution >= 4 is 11.8 Å². The Balaban J connectivity index is 1.62. The number of carbonyl (C=O) groups excluding carboxylic acids is 2. The van der Waals surface area contributed by atoms with Crippen molar-refractivity contribution in [2.24, 2.45) is 11.3 Å². The molecular formula is C27H31FN2O2. The van der Waals surface area contributed by atoms with E-state index in [1.165, 1.54) is 6.07 Å². The molecule has 0 aromatic heterocycles. The van der Waals surface area contributed by atoms with E-state index in [1.54, 1.807) is 31.1 Å². The third-order valence-corrected chi connectivity index (χ3v) is 6.83. The van der Waals surface area contributed by atoms with Crippen LogP contribution in [-0.2, 0) is 16.0 Å². The van der Waals surface area contributed by atoms with Crippen LogP contribution in [0.25, 0.3) is 11.1 Å². The SMILES string of the molecule is CN(C)C(=O)[C@@]1(Cc2ccccc2-c2ccccc2F)CCN(C(=O)C[C@H]2C=CCC2)C1. The highest BCUT2D eigenvalue weighted by Gasteiger charge is 2.47. The van der Waals surface area contributed by atoms with Gasteiger partial charge < -0.3 is 9.80 Å². The number of benzene rings is 2. The first-order chi connectivity index (χ1) is 15.4. The van der Waals surface area contributed by atoms with E-state index in [2.05, 4.69) is 12.2 Å². The van der Waals surface area contributed by atoms with E-state index in [0.717, 1.165) is 24.0 Å². The van der Waals surface area contributed by atoms with Gasteiger partial charge >= 0.3 is 0 Å². The summed E-state index contributed by atoms with van der Waals surface area (Å²) in [5.41, 5.74) is 1.57. The number of halogens is 1. The molecule has 1 heterocycles. The van der Waals surface area contributed by atoms with Crippen molar-refractivity contribution in [1.82, 2.24) is 9.80 Å². The lowest BCUT2D eigenvalue weighted by molar-refractivity contribution is -0.139. The van der Waals surface area contributed by atoms with Crippen LogP contribution in [0.3, 0.4) is 0 Å². The fourth-order valence-electron chi connectivity index (χ4n) is 5.15. The number of hydrogen-bond donors (Lipinski definition) is 0. The van der Waals surface area contributed by atoms with Crippen molar-refractivity contribution in [1.29, 1.82) is 0 Å². The molecule has 168 valence electrons. The largest absolute Gasteiger partial charge is 0.348 e. The molecule has 32 heavy (non-hydrogen) atoms. The molecule has 1 saturated heterocycles. The summed E-state index contributed by atoms with van der Waals surface area (Å²) < 4.78 is 14.6. The molecule has 1 aliphatic carbocycles. The van der Waals surface area contributed by atoms with Crippen molar-refractivity contribution in [2.45, 2.75) is 32.1 Å². The predicted octanol–water partition coefficient (Wildman–Crippen LogP) is 4.70. The van der Waals surface area contributed by atoms with Gasteiger partial charge in [-0.1, -0.05) is 54.6 Å². The van der Waals surface area contributed by atoms with E-state index in [4.69, 9.17) is 0 Å². The lowest BCUT2D eigenvalue weighted by Crippen LogP contribution is -2.44. The van der Waals surface area contributed by atoms with Gasteiger partial charge in [0.15, 0.2) is 0 Å². The molecule has 0 unspecified atom stereocenters. The number of allylic oxidation sites excluding steroid dienone is 2. The maximum atomic E-state index is 14.6. The lowest BCUT2D eigenvalue weighted by atomic mass is 9.77. The zero-order valence-electron chi connectivity index (χ0n) is 18.9. The second-order valence-electron chi connectivity index (χ2n) is 9.33. The first-order valence-electron chi connectivity index (χ1n) is 11.4. The maximum Gasteiger partial charge on any atom is 0.230 e. The number of amides is 2. The number of hydrogen-bond acceptors (Lipinski definition) is 2. The van der Waals surface area contributed by atoms with Gasteiger partial charge in [0.05, 0.1) is 5.41 Å². The minimum Gasteiger partial charge on any atom is -0.348 e. The molecule has 4 rings (SSSR count). The Morgan fingerprint density at radius 2 is 1.81 bits per heavy atom. The highest BCUT2D eigenvalue weighted by atomic mass is 19.1. The fraction of sp³-hybridized carbons (Fsp3) is 0.407. The molecule has 2 amide bonds. The van der Waals surface area contributed by atoms with Crippen LogP contribution in [0.2, 0.25) is 0 Å². The molecule has 2 aromatic carbocycles. The van der Waals surface area contributed by atoms with E-state index >= 15 is 0 Å². The predicted molar refractivity (Wildman–Crippen MR) is 124 cm³/mol. The van der Waals surface area contributed by atoms with Crippen LogP contribution in [0.15, 0.2) is 60.7 Å². The molecule has 0 N–H and O–H groups in total. The fourth-order valence-corrected chi connectivity index (χ4v) is 5.15. The van der Waals surface area contributed by atoms with Crippen LogP contribution < -0.4 is 0 Å². The molecule has 0 bridgehead atoms. The summed E-state index contributed by atoms with van der Waals surface area (Å²) in [6.45, 7) is 0.988. The Hall–Kier alpha value is -2.95. The average Bonchev–Trinajstić information content (AvgIpc) is 3.45. The zero-order chi connectivity index (χ0) is 22.7. The van der Waals surface area contributed by atoms with Crippen LogP contribution in [0.1, 0.15) is 31.2 Å². The van der Waals surface area contributed by atoms with Crippen LogP contribution in [0.4, 0.5) is 4.39 Å². The van der Waals surface area contributed by atoms with Gasteiger partial charge in [-0.15, -0.1) is 0 Å². The van der Waals surface area contributed by atoms with Gasteiger partial charge in [0.1, 0.15) is 5.82 Å². The summed E-state index contributed by atoms with van der Waals surface area (Å²) in [4.78, 5) is 29.9. The molecule has 2 aliphatic rings. The molecule has 4 nitrogen and oxygen atoms in total. The molecule has 0 spiro atoms. The Morgan fingerprint density at radius 3 is 2.50 bits per heavy atom. The van der Waals surface area contributed by atoms with Crippen molar-refractivity contribution in [3.05, 3.63) is 72.1 Å². The topological polar surface area (TPSA) is 40.6 Å². The molecule has 0 saturated carbocycles. The molecular weight excluding hydrogens is 403 g/mol. The van der Waals surface area contributed by atoms with Crippen molar-refractivity contribution in [3.63, 3.8) is 0 Å². The number of carbonyl (C=O) groups is 2. The Morgan fingerprint density at radius 1 is 1.09 bits per heavy atom. The van der Waals surface area contributed by atoms with Gasteiger partial charge in [0, 0.05) is 39.2 Å². The Kier molecular flexibility index (Phi) is 6.45. The highest BCUT2D eigenvalue weighted by Crippen LogP contribution is 2.39. The summed E-state index contributed by atoms with van der Waals surface area (Å²) >= 11 is 0. The second kappa shape index (κ2) is 9.27. The molecule has 1 fully saturated rings. The van der Waals surface area contributed by atoms with E-state index in [1.807, 2.05) is 35.2 Å². The third-order valence-electron chi connectivity index (χ3n) is 6.83. The monoisotopic (exact) mass is 434 g/mol. The quantitative estimate of drug-likeness (QED) is 0.619. The summed E-state index contributed by atoms with van der Waals surface area (Å²) in [7, 11) is 3.53. The number of nitrogens with zero attached hydrogens (tertiary/aromatic N) is 2. The summed E-state index contributed by atoms with van der Waals surface area (Å²) in [6.07, 6.45) is 7.93. The van der Waals surface area contributed by atoms with Crippen LogP contribution in [-0.4, -0.2) is 48.8 Å². The zero-order valence-corrected chi connectivity index (χ0v) is 18.9. The van der Waals surface area contributed by atoms with Crippen LogP contribution in [0.5, 0.6) is 0 Å². The van der Waals surface area contributed by atoms with E-state index in [-0.39, 0.29) is 17.6 Å². The number of rotatable bonds is 6. The summed E-state index contributed by atoms with van der Waals surface area (Å²) in [6, 6.07) is 14.4. The van der Waals surface area contributed by atoms with Gasteiger partial charge in [-0.25, -0.2) is 4.39 Å². The smallest absolute Gasteiger partial charge is 0.230 e. The van der Waals surface area contributed by atoms with Gasteiger partial charge in [0.25, 0.3) is 0 Å². The molecule has 1 aliphatic heterocycles. The Bertz CT molecular complexity index is 1030. The van der Waals surface area contributed by atoms with Gasteiger partial charge in [-0.05, 0) is 48.8 Å². The molecule has 2 atom stereocenters. The van der Waals surface area contributed by atoms with Gasteiger partial charge in [0.2, 0.25) is 11.8 Å². The van der Waals surface area contributed by atoms with Crippen molar-refractivity contribution < 1.29 is 14.0 Å². The first kappa shape index (κ1) is 22.3. The van der Waals surface area contributed by atoms with Crippen LogP contribution in [0, 0.1) is 17.2 Å². The molecule has 2 aromatic rings.